The second-order valence-corrected chi connectivity index (χ2v) is 27.0. The van der Waals surface area contributed by atoms with E-state index < -0.39 is 97.5 Å². The Morgan fingerprint density at radius 3 is 0.847 bits per heavy atom. The van der Waals surface area contributed by atoms with E-state index in [0.29, 0.717) is 32.1 Å². The topological polar surface area (TPSA) is 237 Å². The molecule has 5 unspecified atom stereocenters. The Morgan fingerprint density at radius 1 is 0.296 bits per heavy atom. The van der Waals surface area contributed by atoms with E-state index in [0.717, 1.165) is 161 Å². The molecule has 0 bridgehead atoms. The first-order valence-corrected chi connectivity index (χ1v) is 40.1. The average molecular weight is 1410 g/mol. The molecule has 17 nitrogen and oxygen atoms in total. The molecule has 0 aromatic heterocycles. The molecular weight excluding hydrogens is 1280 g/mol. The van der Waals surface area contributed by atoms with Gasteiger partial charge in [-0.1, -0.05) is 231 Å². The zero-order valence-electron chi connectivity index (χ0n) is 60.7. The minimum atomic E-state index is -5.00. The first kappa shape index (κ1) is 92.9. The largest absolute Gasteiger partial charge is 0.472 e. The van der Waals surface area contributed by atoms with Crippen molar-refractivity contribution in [3.63, 3.8) is 0 Å². The third kappa shape index (κ3) is 69.4. The lowest BCUT2D eigenvalue weighted by molar-refractivity contribution is -0.161. The highest BCUT2D eigenvalue weighted by atomic mass is 31.2. The molecule has 0 rings (SSSR count). The molecule has 0 spiro atoms. The summed E-state index contributed by atoms with van der Waals surface area (Å²) >= 11 is 0. The third-order valence-electron chi connectivity index (χ3n) is 14.8. The summed E-state index contributed by atoms with van der Waals surface area (Å²) in [6, 6.07) is 0. The van der Waals surface area contributed by atoms with E-state index in [9.17, 15) is 43.2 Å². The fourth-order valence-electron chi connectivity index (χ4n) is 9.21. The van der Waals surface area contributed by atoms with E-state index in [4.69, 9.17) is 37.0 Å². The van der Waals surface area contributed by atoms with Crippen LogP contribution in [0.4, 0.5) is 0 Å². The highest BCUT2D eigenvalue weighted by molar-refractivity contribution is 7.47. The van der Waals surface area contributed by atoms with Gasteiger partial charge in [-0.05, 0) is 161 Å². The molecule has 0 fully saturated rings. The number of carbonyl (C=O) groups excluding carboxylic acids is 4. The van der Waals surface area contributed by atoms with E-state index in [1.807, 2.05) is 0 Å². The Morgan fingerprint density at radius 2 is 0.531 bits per heavy atom. The van der Waals surface area contributed by atoms with Gasteiger partial charge in [0.05, 0.1) is 26.4 Å². The summed E-state index contributed by atoms with van der Waals surface area (Å²) in [4.78, 5) is 72.8. The van der Waals surface area contributed by atoms with Gasteiger partial charge in [0.2, 0.25) is 0 Å². The van der Waals surface area contributed by atoms with Crippen LogP contribution in [0.3, 0.4) is 0 Å². The number of phosphoric ester groups is 2. The Labute approximate surface area is 592 Å². The number of ether oxygens (including phenoxy) is 4. The zero-order valence-corrected chi connectivity index (χ0v) is 62.4. The molecule has 0 amide bonds. The maximum Gasteiger partial charge on any atom is 0.472 e. The number of hydrogen-bond donors (Lipinski definition) is 3. The number of hydrogen-bond acceptors (Lipinski definition) is 15. The lowest BCUT2D eigenvalue weighted by Crippen LogP contribution is -2.30. The molecular formula is C79H130O17P2. The van der Waals surface area contributed by atoms with Crippen molar-refractivity contribution < 1.29 is 80.2 Å². The molecule has 0 aromatic carbocycles. The Bertz CT molecular complexity index is 2430. The fraction of sp³-hybridized carbons (Fsp3) is 0.646. The van der Waals surface area contributed by atoms with Crippen LogP contribution in [-0.2, 0) is 65.4 Å². The van der Waals surface area contributed by atoms with E-state index in [2.05, 4.69) is 174 Å². The third-order valence-corrected chi connectivity index (χ3v) is 16.7. The summed E-state index contributed by atoms with van der Waals surface area (Å²) in [6.07, 6.45) is 78.5. The van der Waals surface area contributed by atoms with Crippen molar-refractivity contribution >= 4 is 39.5 Å². The number of rotatable bonds is 68. The summed E-state index contributed by atoms with van der Waals surface area (Å²) < 4.78 is 68.3. The monoisotopic (exact) mass is 1410 g/mol. The van der Waals surface area contributed by atoms with Gasteiger partial charge in [0.15, 0.2) is 12.2 Å². The zero-order chi connectivity index (χ0) is 71.8. The minimum Gasteiger partial charge on any atom is -0.462 e. The van der Waals surface area contributed by atoms with E-state index in [-0.39, 0.29) is 25.7 Å². The normalized spacial score (nSPS) is 14.8. The second kappa shape index (κ2) is 70.4. The van der Waals surface area contributed by atoms with Crippen LogP contribution in [0.2, 0.25) is 0 Å². The quantitative estimate of drug-likeness (QED) is 0.0169. The lowest BCUT2D eigenvalue weighted by Gasteiger charge is -2.21. The van der Waals surface area contributed by atoms with Gasteiger partial charge in [-0.3, -0.25) is 37.3 Å². The van der Waals surface area contributed by atoms with Gasteiger partial charge >= 0.3 is 39.5 Å². The second-order valence-electron chi connectivity index (χ2n) is 24.1. The maximum absolute atomic E-state index is 13.1. The molecule has 5 atom stereocenters. The molecule has 558 valence electrons. The average Bonchev–Trinajstić information content (AvgIpc) is 1.04. The lowest BCUT2D eigenvalue weighted by atomic mass is 10.1. The molecule has 0 heterocycles. The van der Waals surface area contributed by atoms with Crippen LogP contribution in [0.15, 0.2) is 146 Å². The smallest absolute Gasteiger partial charge is 0.462 e. The van der Waals surface area contributed by atoms with Crippen LogP contribution >= 0.6 is 15.6 Å². The summed E-state index contributed by atoms with van der Waals surface area (Å²) in [5.41, 5.74) is 0. The van der Waals surface area contributed by atoms with E-state index in [1.54, 1.807) is 0 Å². The molecule has 0 saturated heterocycles. The Hall–Kier alpha value is -5.06. The Kier molecular flexibility index (Phi) is 66.7. The number of allylic oxidation sites excluding steroid dienone is 24. The number of aliphatic hydroxyl groups is 1. The van der Waals surface area contributed by atoms with Gasteiger partial charge in [-0.15, -0.1) is 0 Å². The molecule has 19 heteroatoms. The van der Waals surface area contributed by atoms with Gasteiger partial charge in [0, 0.05) is 25.7 Å². The van der Waals surface area contributed by atoms with Crippen LogP contribution in [0.5, 0.6) is 0 Å². The molecule has 0 radical (unpaired) electrons. The van der Waals surface area contributed by atoms with E-state index >= 15 is 0 Å². The van der Waals surface area contributed by atoms with Crippen molar-refractivity contribution in [3.8, 4) is 0 Å². The minimum absolute atomic E-state index is 0.0286. The van der Waals surface area contributed by atoms with Gasteiger partial charge in [0.25, 0.3) is 0 Å². The molecule has 0 saturated carbocycles. The molecule has 0 aliphatic carbocycles. The van der Waals surface area contributed by atoms with Gasteiger partial charge in [0.1, 0.15) is 19.3 Å². The van der Waals surface area contributed by atoms with Crippen LogP contribution in [0.25, 0.3) is 0 Å². The Balaban J connectivity index is 5.45. The molecule has 0 aromatic rings. The van der Waals surface area contributed by atoms with Crippen molar-refractivity contribution in [2.45, 2.75) is 290 Å². The number of unbranched alkanes of at least 4 members (excludes halogenated alkanes) is 18. The standard InChI is InChI=1S/C79H130O17P2/c1-5-9-13-17-21-25-29-33-36-40-43-47-51-55-59-63-76(81)89-69-74(95-78(83)65-61-57-53-49-45-39-32-28-24-20-16-12-8-4)71-93-97(85,86)91-67-73(80)68-92-98(87,88)94-72-75(96-79(84)66-62-58-54-50-46-42-38-35-31-27-23-19-15-11-7-3)70-90-77(82)64-60-56-52-48-44-41-37-34-30-26-22-18-14-10-6-2/h9-11,13-15,21-23,25-28,32-38,44,46,48,50,73-75,80H,5-8,12,16-20,24,29-31,39-43,45,47,49,51-72H2,1-4H3,(H,85,86)(H,87,88)/b13-9-,14-10-,15-11-,25-21-,26-22-,27-23-,32-28-,36-33-,37-34-,38-35-,48-44-,50-46-. The molecule has 98 heavy (non-hydrogen) atoms. The molecule has 0 aliphatic heterocycles. The van der Waals surface area contributed by atoms with Crippen molar-refractivity contribution in [1.29, 1.82) is 0 Å². The van der Waals surface area contributed by atoms with Crippen LogP contribution in [0, 0.1) is 0 Å². The van der Waals surface area contributed by atoms with Crippen molar-refractivity contribution in [2.24, 2.45) is 0 Å². The fourth-order valence-corrected chi connectivity index (χ4v) is 10.8. The van der Waals surface area contributed by atoms with Crippen molar-refractivity contribution in [2.75, 3.05) is 39.6 Å². The number of phosphoric acid groups is 2. The highest BCUT2D eigenvalue weighted by Crippen LogP contribution is 2.45. The molecule has 0 aliphatic rings. The summed E-state index contributed by atoms with van der Waals surface area (Å²) in [7, 11) is -9.99. The van der Waals surface area contributed by atoms with Crippen LogP contribution in [-0.4, -0.2) is 96.7 Å². The maximum atomic E-state index is 13.1. The predicted octanol–water partition coefficient (Wildman–Crippen LogP) is 21.1. The highest BCUT2D eigenvalue weighted by Gasteiger charge is 2.30. The van der Waals surface area contributed by atoms with Crippen LogP contribution in [0.1, 0.15) is 272 Å². The first-order valence-electron chi connectivity index (χ1n) is 37.1. The predicted molar refractivity (Wildman–Crippen MR) is 399 cm³/mol. The van der Waals surface area contributed by atoms with Gasteiger partial charge in [-0.2, -0.15) is 0 Å². The number of esters is 4. The summed E-state index contributed by atoms with van der Waals surface area (Å²) in [6.45, 7) is 4.36. The first-order chi connectivity index (χ1) is 47.7. The van der Waals surface area contributed by atoms with Gasteiger partial charge in [-0.25, -0.2) is 9.13 Å². The SMILES string of the molecule is CC/C=C\C/C=C\C/C=C\C/C=C\CCCCC(=O)OCC(COP(=O)(O)OCC(O)COP(=O)(O)OCC(COC(=O)CCCCCCC/C=C\C/C=C\C/C=C\CC)OC(=O)CCCCCCC/C=C\CCCCCC)OC(=O)CCCC/C=C\C/C=C\C/C=C\C/C=C\CC. The number of aliphatic hydroxyl groups excluding tert-OH is 1. The van der Waals surface area contributed by atoms with Crippen molar-refractivity contribution in [3.05, 3.63) is 146 Å². The van der Waals surface area contributed by atoms with Crippen LogP contribution < -0.4 is 0 Å². The van der Waals surface area contributed by atoms with Crippen molar-refractivity contribution in [1.82, 2.24) is 0 Å². The molecule has 3 N–H and O–H groups in total. The summed E-state index contributed by atoms with van der Waals surface area (Å²) in [5.74, 6) is -2.31. The number of carbonyl (C=O) groups is 4. The van der Waals surface area contributed by atoms with E-state index in [1.165, 1.54) is 25.7 Å². The van der Waals surface area contributed by atoms with Gasteiger partial charge < -0.3 is 33.8 Å². The summed E-state index contributed by atoms with van der Waals surface area (Å²) in [5, 5.41) is 10.6.